The van der Waals surface area contributed by atoms with E-state index in [-0.39, 0.29) is 5.92 Å². The third kappa shape index (κ3) is 4.24. The Morgan fingerprint density at radius 2 is 1.84 bits per heavy atom. The molecule has 0 radical (unpaired) electrons. The molecular weight excluding hydrogens is 398 g/mol. The summed E-state index contributed by atoms with van der Waals surface area (Å²) in [5, 5.41) is 1.35. The molecule has 2 aliphatic heterocycles. The van der Waals surface area contributed by atoms with Gasteiger partial charge in [-0.2, -0.15) is 0 Å². The minimum atomic E-state index is 0.167. The fraction of sp³-hybridized carbons (Fsp3) is 0.462. The zero-order valence-corrected chi connectivity index (χ0v) is 18.9. The number of nitrogen functional groups attached to an aromatic ring is 1. The maximum atomic E-state index is 13.2. The molecule has 0 aliphatic carbocycles. The molecule has 0 bridgehead atoms. The van der Waals surface area contributed by atoms with Crippen LogP contribution in [0.1, 0.15) is 48.4 Å². The number of likely N-dealkylation sites (tertiary alicyclic amines) is 2. The van der Waals surface area contributed by atoms with Gasteiger partial charge in [0.2, 0.25) is 5.91 Å². The zero-order valence-electron chi connectivity index (χ0n) is 18.9. The number of fused-ring (bicyclic) bond motifs is 1. The summed E-state index contributed by atoms with van der Waals surface area (Å²) in [7, 11) is 0. The quantitative estimate of drug-likeness (QED) is 0.653. The topological polar surface area (TPSA) is 78.2 Å². The number of nitrogens with zero attached hydrogens (tertiary/aromatic N) is 3. The SMILES string of the molecule is Cc1[nH]c2ccccc2c1C1CCN(C(=O)C2CCN(Cc3ccnc(N)c3)CC2)CC1. The molecule has 2 aliphatic rings. The van der Waals surface area contributed by atoms with E-state index in [1.807, 2.05) is 12.1 Å². The van der Waals surface area contributed by atoms with E-state index in [1.54, 1.807) is 6.20 Å². The Morgan fingerprint density at radius 1 is 1.09 bits per heavy atom. The molecule has 0 spiro atoms. The third-order valence-electron chi connectivity index (χ3n) is 7.35. The largest absolute Gasteiger partial charge is 0.384 e. The number of H-pyrrole nitrogens is 1. The molecule has 2 aromatic heterocycles. The summed E-state index contributed by atoms with van der Waals surface area (Å²) in [4.78, 5) is 25.4. The Balaban J connectivity index is 1.14. The number of nitrogens with one attached hydrogen (secondary N) is 1. The normalized spacial score (nSPS) is 19.0. The van der Waals surface area contributed by atoms with E-state index in [2.05, 4.69) is 51.0 Å². The van der Waals surface area contributed by atoms with Crippen LogP contribution in [0.3, 0.4) is 0 Å². The van der Waals surface area contributed by atoms with Crippen LogP contribution in [0.2, 0.25) is 0 Å². The fourth-order valence-corrected chi connectivity index (χ4v) is 5.66. The minimum Gasteiger partial charge on any atom is -0.384 e. The first-order valence-corrected chi connectivity index (χ1v) is 11.9. The van der Waals surface area contributed by atoms with Crippen LogP contribution in [0, 0.1) is 12.8 Å². The van der Waals surface area contributed by atoms with Crippen molar-refractivity contribution in [1.82, 2.24) is 19.8 Å². The smallest absolute Gasteiger partial charge is 0.225 e. The van der Waals surface area contributed by atoms with Crippen molar-refractivity contribution in [2.45, 2.75) is 45.1 Å². The molecule has 6 nitrogen and oxygen atoms in total. The number of pyridine rings is 1. The van der Waals surface area contributed by atoms with E-state index < -0.39 is 0 Å². The van der Waals surface area contributed by atoms with Crippen molar-refractivity contribution in [3.8, 4) is 0 Å². The Kier molecular flexibility index (Phi) is 5.87. The predicted molar refractivity (Wildman–Crippen MR) is 128 cm³/mol. The van der Waals surface area contributed by atoms with E-state index in [1.165, 1.54) is 27.7 Å². The highest BCUT2D eigenvalue weighted by molar-refractivity contribution is 5.85. The molecular formula is C26H33N5O. The van der Waals surface area contributed by atoms with E-state index in [4.69, 9.17) is 5.73 Å². The molecule has 1 amide bonds. The zero-order chi connectivity index (χ0) is 22.1. The first-order valence-electron chi connectivity index (χ1n) is 11.9. The van der Waals surface area contributed by atoms with Crippen molar-refractivity contribution >= 4 is 22.6 Å². The maximum absolute atomic E-state index is 13.2. The van der Waals surface area contributed by atoms with Crippen molar-refractivity contribution in [2.75, 3.05) is 31.9 Å². The Morgan fingerprint density at radius 3 is 2.59 bits per heavy atom. The Hall–Kier alpha value is -2.86. The lowest BCUT2D eigenvalue weighted by molar-refractivity contribution is -0.138. The number of carbonyl (C=O) groups excluding carboxylic acids is 1. The fourth-order valence-electron chi connectivity index (χ4n) is 5.66. The highest BCUT2D eigenvalue weighted by atomic mass is 16.2. The van der Waals surface area contributed by atoms with Gasteiger partial charge >= 0.3 is 0 Å². The minimum absolute atomic E-state index is 0.167. The number of carbonyl (C=O) groups is 1. The van der Waals surface area contributed by atoms with Gasteiger partial charge in [-0.1, -0.05) is 18.2 Å². The molecule has 32 heavy (non-hydrogen) atoms. The van der Waals surface area contributed by atoms with Crippen LogP contribution in [0.4, 0.5) is 5.82 Å². The van der Waals surface area contributed by atoms with Crippen molar-refractivity contribution in [1.29, 1.82) is 0 Å². The van der Waals surface area contributed by atoms with Crippen molar-refractivity contribution < 1.29 is 4.79 Å². The number of aryl methyl sites for hydroxylation is 1. The number of nitrogens with two attached hydrogens (primary N) is 1. The Labute approximate surface area is 189 Å². The van der Waals surface area contributed by atoms with Crippen LogP contribution in [0.25, 0.3) is 10.9 Å². The second kappa shape index (κ2) is 8.94. The molecule has 1 aromatic carbocycles. The average molecular weight is 432 g/mol. The molecule has 2 fully saturated rings. The van der Waals surface area contributed by atoms with Crippen molar-refractivity contribution in [2.24, 2.45) is 5.92 Å². The van der Waals surface area contributed by atoms with E-state index in [0.29, 0.717) is 17.6 Å². The predicted octanol–water partition coefficient (Wildman–Crippen LogP) is 4.07. The summed E-state index contributed by atoms with van der Waals surface area (Å²) in [6, 6.07) is 12.5. The summed E-state index contributed by atoms with van der Waals surface area (Å²) in [6.45, 7) is 6.73. The highest BCUT2D eigenvalue weighted by Crippen LogP contribution is 2.36. The van der Waals surface area contributed by atoms with Crippen LogP contribution in [0.15, 0.2) is 42.6 Å². The molecule has 0 atom stereocenters. The van der Waals surface area contributed by atoms with Crippen LogP contribution in [-0.4, -0.2) is 51.9 Å². The second-order valence-corrected chi connectivity index (χ2v) is 9.45. The number of hydrogen-bond donors (Lipinski definition) is 2. The van der Waals surface area contributed by atoms with Gasteiger partial charge in [-0.15, -0.1) is 0 Å². The average Bonchev–Trinajstić information content (AvgIpc) is 3.15. The van der Waals surface area contributed by atoms with Crippen LogP contribution >= 0.6 is 0 Å². The van der Waals surface area contributed by atoms with Crippen molar-refractivity contribution in [3.63, 3.8) is 0 Å². The number of aromatic nitrogens is 2. The number of hydrogen-bond acceptors (Lipinski definition) is 4. The molecule has 3 N–H and O–H groups in total. The van der Waals surface area contributed by atoms with Gasteiger partial charge in [0.15, 0.2) is 0 Å². The number of aromatic amines is 1. The summed E-state index contributed by atoms with van der Waals surface area (Å²) in [6.07, 6.45) is 5.76. The van der Waals surface area contributed by atoms with Crippen molar-refractivity contribution in [3.05, 3.63) is 59.4 Å². The molecule has 5 rings (SSSR count). The van der Waals surface area contributed by atoms with Gasteiger partial charge in [0.1, 0.15) is 5.82 Å². The summed E-state index contributed by atoms with van der Waals surface area (Å²) in [5.41, 5.74) is 10.9. The van der Waals surface area contributed by atoms with E-state index >= 15 is 0 Å². The number of anilines is 1. The summed E-state index contributed by atoms with van der Waals surface area (Å²) in [5.74, 6) is 1.63. The third-order valence-corrected chi connectivity index (χ3v) is 7.35. The lowest BCUT2D eigenvalue weighted by Crippen LogP contribution is -2.45. The van der Waals surface area contributed by atoms with E-state index in [9.17, 15) is 4.79 Å². The number of benzene rings is 1. The van der Waals surface area contributed by atoms with Crippen LogP contribution < -0.4 is 5.73 Å². The van der Waals surface area contributed by atoms with Crippen LogP contribution in [-0.2, 0) is 11.3 Å². The number of amides is 1. The van der Waals surface area contributed by atoms with Crippen LogP contribution in [0.5, 0.6) is 0 Å². The number of para-hydroxylation sites is 1. The monoisotopic (exact) mass is 431 g/mol. The van der Waals surface area contributed by atoms with Gasteiger partial charge in [0.05, 0.1) is 0 Å². The number of rotatable bonds is 4. The molecule has 3 aromatic rings. The van der Waals surface area contributed by atoms with Gasteiger partial charge in [-0.05, 0) is 80.9 Å². The standard InChI is InChI=1S/C26H33N5O/c1-18-25(22-4-2-3-5-23(22)29-18)20-9-14-31(15-10-20)26(32)21-7-12-30(13-8-21)17-19-6-11-28-24(27)16-19/h2-6,11,16,20-21,29H,7-10,12-15,17H2,1H3,(H2,27,28). The van der Waals surface area contributed by atoms with Gasteiger partial charge in [-0.25, -0.2) is 4.98 Å². The van der Waals surface area contributed by atoms with Gasteiger partial charge < -0.3 is 15.6 Å². The maximum Gasteiger partial charge on any atom is 0.225 e. The van der Waals surface area contributed by atoms with Gasteiger partial charge in [-0.3, -0.25) is 9.69 Å². The first kappa shape index (κ1) is 21.0. The lowest BCUT2D eigenvalue weighted by atomic mass is 9.86. The number of piperidine rings is 2. The van der Waals surface area contributed by atoms with Gasteiger partial charge in [0.25, 0.3) is 0 Å². The molecule has 4 heterocycles. The second-order valence-electron chi connectivity index (χ2n) is 9.45. The molecule has 0 saturated carbocycles. The highest BCUT2D eigenvalue weighted by Gasteiger charge is 2.32. The van der Waals surface area contributed by atoms with Gasteiger partial charge in [0, 0.05) is 48.3 Å². The van der Waals surface area contributed by atoms with E-state index in [0.717, 1.165) is 58.4 Å². The molecule has 2 saturated heterocycles. The summed E-state index contributed by atoms with van der Waals surface area (Å²) >= 11 is 0. The molecule has 168 valence electrons. The molecule has 0 unspecified atom stereocenters. The molecule has 6 heteroatoms. The summed E-state index contributed by atoms with van der Waals surface area (Å²) < 4.78 is 0. The lowest BCUT2D eigenvalue weighted by Gasteiger charge is -2.37. The Bertz CT molecular complexity index is 1090. The first-order chi connectivity index (χ1) is 15.6.